The summed E-state index contributed by atoms with van der Waals surface area (Å²) >= 11 is 0. The van der Waals surface area contributed by atoms with Gasteiger partial charge in [0, 0.05) is 41.6 Å². The Labute approximate surface area is 217 Å². The molecule has 13 nitrogen and oxygen atoms in total. The first kappa shape index (κ1) is 22.5. The van der Waals surface area contributed by atoms with Gasteiger partial charge >= 0.3 is 11.7 Å². The first-order valence-electron chi connectivity index (χ1n) is 11.6. The molecule has 39 heavy (non-hydrogen) atoms. The third kappa shape index (κ3) is 3.06. The predicted octanol–water partition coefficient (Wildman–Crippen LogP) is 2.05. The van der Waals surface area contributed by atoms with Gasteiger partial charge in [-0.3, -0.25) is 4.79 Å². The quantitative estimate of drug-likeness (QED) is 0.290. The number of ether oxygens (including phenoxy) is 2. The van der Waals surface area contributed by atoms with Crippen molar-refractivity contribution in [2.75, 3.05) is 5.32 Å². The number of carbonyl (C=O) groups excluding carboxylic acids is 2. The molecule has 13 heteroatoms. The lowest BCUT2D eigenvalue weighted by atomic mass is 9.77. The molecule has 1 amide bonds. The zero-order valence-corrected chi connectivity index (χ0v) is 19.9. The van der Waals surface area contributed by atoms with Gasteiger partial charge in [0.25, 0.3) is 5.91 Å². The number of aromatic nitrogens is 5. The van der Waals surface area contributed by atoms with E-state index in [-0.39, 0.29) is 45.6 Å². The number of esters is 1. The summed E-state index contributed by atoms with van der Waals surface area (Å²) in [5, 5.41) is 30.3. The molecule has 0 saturated carbocycles. The topological polar surface area (TPSA) is 170 Å². The van der Waals surface area contributed by atoms with Crippen molar-refractivity contribution in [1.29, 1.82) is 0 Å². The number of benzene rings is 3. The maximum atomic E-state index is 13.3. The van der Waals surface area contributed by atoms with Crippen LogP contribution in [0, 0.1) is 0 Å². The first-order chi connectivity index (χ1) is 18.8. The Hall–Kier alpha value is -5.72. The Balaban J connectivity index is 1.32. The standard InChI is InChI=1S/C26H16N6O7/c1-31-25(37)32-11-27-21(22(32)29-30-31)23(35)28-12-2-5-16-15(8-12)24(36)39-26(16)17-6-3-13(33)9-19(17)38-20-10-14(34)4-7-18(20)26/h2-11,33-34H,1H3,(H,28,35). The molecule has 2 aliphatic rings. The Kier molecular flexibility index (Phi) is 4.41. The van der Waals surface area contributed by atoms with Crippen molar-refractivity contribution in [3.63, 3.8) is 0 Å². The number of fused-ring (bicyclic) bond motifs is 7. The number of phenolic OH excluding ortho intramolecular Hbond substituents is 2. The molecule has 0 unspecified atom stereocenters. The van der Waals surface area contributed by atoms with Crippen LogP contribution in [0.15, 0.2) is 65.7 Å². The molecule has 192 valence electrons. The fourth-order valence-corrected chi connectivity index (χ4v) is 5.01. The summed E-state index contributed by atoms with van der Waals surface area (Å²) in [4.78, 5) is 42.5. The van der Waals surface area contributed by atoms with Crippen LogP contribution in [0.2, 0.25) is 0 Å². The molecule has 3 N–H and O–H groups in total. The summed E-state index contributed by atoms with van der Waals surface area (Å²) in [7, 11) is 1.42. The largest absolute Gasteiger partial charge is 0.508 e. The molecule has 0 fully saturated rings. The number of hydrogen-bond acceptors (Lipinski definition) is 10. The van der Waals surface area contributed by atoms with Crippen molar-refractivity contribution in [3.8, 4) is 23.0 Å². The molecular weight excluding hydrogens is 508 g/mol. The van der Waals surface area contributed by atoms with Crippen LogP contribution in [0.5, 0.6) is 23.0 Å². The van der Waals surface area contributed by atoms with Gasteiger partial charge in [0.2, 0.25) is 0 Å². The average molecular weight is 524 g/mol. The fourth-order valence-electron chi connectivity index (χ4n) is 5.01. The average Bonchev–Trinajstić information content (AvgIpc) is 3.46. The highest BCUT2D eigenvalue weighted by molar-refractivity contribution is 6.07. The van der Waals surface area contributed by atoms with Gasteiger partial charge in [0.15, 0.2) is 16.9 Å². The highest BCUT2D eigenvalue weighted by atomic mass is 16.6. The van der Waals surface area contributed by atoms with E-state index in [0.29, 0.717) is 16.7 Å². The van der Waals surface area contributed by atoms with Crippen molar-refractivity contribution in [3.05, 3.63) is 99.4 Å². The van der Waals surface area contributed by atoms with E-state index in [9.17, 15) is 24.6 Å². The number of carbonyl (C=O) groups is 2. The monoisotopic (exact) mass is 524 g/mol. The lowest BCUT2D eigenvalue weighted by molar-refractivity contribution is 0.0224. The van der Waals surface area contributed by atoms with Crippen LogP contribution in [0.25, 0.3) is 5.65 Å². The van der Waals surface area contributed by atoms with Gasteiger partial charge in [-0.25, -0.2) is 19.0 Å². The molecule has 0 bridgehead atoms. The van der Waals surface area contributed by atoms with Gasteiger partial charge in [-0.1, -0.05) is 11.3 Å². The molecule has 0 saturated heterocycles. The molecule has 7 rings (SSSR count). The number of amides is 1. The van der Waals surface area contributed by atoms with E-state index in [1.54, 1.807) is 24.3 Å². The smallest absolute Gasteiger partial charge is 0.352 e. The minimum absolute atomic E-state index is 0.0166. The number of rotatable bonds is 2. The van der Waals surface area contributed by atoms with Gasteiger partial charge in [-0.2, -0.15) is 4.68 Å². The fraction of sp³-hybridized carbons (Fsp3) is 0.0769. The Morgan fingerprint density at radius 1 is 0.949 bits per heavy atom. The van der Waals surface area contributed by atoms with E-state index < -0.39 is 23.2 Å². The van der Waals surface area contributed by atoms with E-state index >= 15 is 0 Å². The number of aryl methyl sites for hydroxylation is 1. The summed E-state index contributed by atoms with van der Waals surface area (Å²) < 4.78 is 14.1. The van der Waals surface area contributed by atoms with E-state index in [2.05, 4.69) is 20.6 Å². The number of anilines is 1. The van der Waals surface area contributed by atoms with Crippen molar-refractivity contribution in [1.82, 2.24) is 24.4 Å². The van der Waals surface area contributed by atoms with Crippen LogP contribution in [-0.2, 0) is 17.4 Å². The number of imidazole rings is 1. The van der Waals surface area contributed by atoms with E-state index in [1.165, 1.54) is 43.7 Å². The van der Waals surface area contributed by atoms with Crippen molar-refractivity contribution in [2.24, 2.45) is 7.05 Å². The van der Waals surface area contributed by atoms with Gasteiger partial charge in [-0.15, -0.1) is 5.10 Å². The van der Waals surface area contributed by atoms with Gasteiger partial charge < -0.3 is 25.0 Å². The van der Waals surface area contributed by atoms with Gasteiger partial charge in [0.05, 0.1) is 5.56 Å². The highest BCUT2D eigenvalue weighted by Gasteiger charge is 2.53. The van der Waals surface area contributed by atoms with E-state index in [0.717, 1.165) is 9.08 Å². The Morgan fingerprint density at radius 3 is 2.31 bits per heavy atom. The minimum atomic E-state index is -1.42. The number of hydrogen-bond donors (Lipinski definition) is 3. The molecule has 1 spiro atoms. The summed E-state index contributed by atoms with van der Waals surface area (Å²) in [6, 6.07) is 13.6. The molecular formula is C26H16N6O7. The third-order valence-corrected chi connectivity index (χ3v) is 6.75. The Morgan fingerprint density at radius 2 is 1.62 bits per heavy atom. The highest BCUT2D eigenvalue weighted by Crippen LogP contribution is 2.57. The molecule has 2 aliphatic heterocycles. The second-order valence-corrected chi connectivity index (χ2v) is 9.03. The summed E-state index contributed by atoms with van der Waals surface area (Å²) in [5.74, 6) is -0.902. The van der Waals surface area contributed by atoms with Crippen LogP contribution < -0.4 is 15.7 Å². The van der Waals surface area contributed by atoms with Crippen LogP contribution in [-0.4, -0.2) is 46.5 Å². The van der Waals surface area contributed by atoms with Crippen LogP contribution in [0.4, 0.5) is 5.69 Å². The lowest BCUT2D eigenvalue weighted by Gasteiger charge is -2.36. The molecule has 4 heterocycles. The minimum Gasteiger partial charge on any atom is -0.508 e. The number of aromatic hydroxyl groups is 2. The number of phenols is 2. The third-order valence-electron chi connectivity index (χ3n) is 6.75. The van der Waals surface area contributed by atoms with E-state index in [4.69, 9.17) is 9.47 Å². The van der Waals surface area contributed by atoms with E-state index in [1.807, 2.05) is 0 Å². The maximum Gasteiger partial charge on any atom is 0.352 e. The maximum absolute atomic E-state index is 13.3. The van der Waals surface area contributed by atoms with Gasteiger partial charge in [-0.05, 0) is 36.4 Å². The second-order valence-electron chi connectivity index (χ2n) is 9.03. The zero-order valence-electron chi connectivity index (χ0n) is 19.9. The Bertz CT molecular complexity index is 1910. The van der Waals surface area contributed by atoms with Crippen LogP contribution in [0.1, 0.15) is 37.5 Å². The van der Waals surface area contributed by atoms with Crippen molar-refractivity contribution < 1.29 is 29.3 Å². The van der Waals surface area contributed by atoms with Crippen molar-refractivity contribution >= 4 is 23.2 Å². The molecule has 5 aromatic rings. The lowest BCUT2D eigenvalue weighted by Crippen LogP contribution is -2.32. The SMILES string of the molecule is Cn1nnc2c(C(=O)Nc3ccc4c(c3)C(=O)OC43c4ccc(O)cc4Oc4cc(O)ccc43)ncn2c1=O. The van der Waals surface area contributed by atoms with Gasteiger partial charge in [0.1, 0.15) is 29.3 Å². The van der Waals surface area contributed by atoms with Crippen LogP contribution in [0.3, 0.4) is 0 Å². The molecule has 3 aromatic carbocycles. The summed E-state index contributed by atoms with van der Waals surface area (Å²) in [6.45, 7) is 0. The van der Waals surface area contributed by atoms with Crippen molar-refractivity contribution in [2.45, 2.75) is 5.60 Å². The first-order valence-corrected chi connectivity index (χ1v) is 11.6. The molecule has 0 atom stereocenters. The summed E-state index contributed by atoms with van der Waals surface area (Å²) in [5.41, 5.74) is -0.173. The second kappa shape index (κ2) is 7.64. The normalized spacial score (nSPS) is 14.3. The number of nitrogens with zero attached hydrogens (tertiary/aromatic N) is 5. The predicted molar refractivity (Wildman–Crippen MR) is 132 cm³/mol. The molecule has 0 aliphatic carbocycles. The van der Waals surface area contributed by atoms with Crippen LogP contribution >= 0.6 is 0 Å². The number of nitrogens with one attached hydrogen (secondary N) is 1. The molecule has 0 radical (unpaired) electrons. The zero-order chi connectivity index (χ0) is 27.1. The summed E-state index contributed by atoms with van der Waals surface area (Å²) in [6.07, 6.45) is 1.18. The molecule has 2 aromatic heterocycles.